The summed E-state index contributed by atoms with van der Waals surface area (Å²) in [5.41, 5.74) is 1.81. The van der Waals surface area contributed by atoms with Crippen LogP contribution >= 0.6 is 11.6 Å². The van der Waals surface area contributed by atoms with Crippen LogP contribution in [0.3, 0.4) is 0 Å². The van der Waals surface area contributed by atoms with Crippen molar-refractivity contribution in [1.82, 2.24) is 0 Å². The van der Waals surface area contributed by atoms with Gasteiger partial charge in [-0.1, -0.05) is 23.7 Å². The number of benzene rings is 2. The summed E-state index contributed by atoms with van der Waals surface area (Å²) >= 11 is 5.95. The predicted octanol–water partition coefficient (Wildman–Crippen LogP) is 3.37. The summed E-state index contributed by atoms with van der Waals surface area (Å²) in [6.45, 7) is 0. The van der Waals surface area contributed by atoms with Gasteiger partial charge in [-0.3, -0.25) is 0 Å². The van der Waals surface area contributed by atoms with E-state index in [0.717, 1.165) is 0 Å². The Hall–Kier alpha value is -2.51. The van der Waals surface area contributed by atoms with E-state index in [-0.39, 0.29) is 16.9 Å². The lowest BCUT2D eigenvalue weighted by atomic mass is 10.0. The van der Waals surface area contributed by atoms with Crippen LogP contribution in [0.4, 0.5) is 0 Å². The van der Waals surface area contributed by atoms with Crippen LogP contribution in [0.25, 0.3) is 11.1 Å². The molecule has 0 atom stereocenters. The fourth-order valence-electron chi connectivity index (χ4n) is 1.78. The van der Waals surface area contributed by atoms with Crippen molar-refractivity contribution in [3.05, 3.63) is 52.5 Å². The number of aromatic hydroxyl groups is 1. The zero-order valence-electron chi connectivity index (χ0n) is 10.6. The Balaban J connectivity index is 2.54. The van der Waals surface area contributed by atoms with Crippen molar-refractivity contribution in [1.29, 1.82) is 5.26 Å². The number of methoxy groups -OCH3 is 1. The van der Waals surface area contributed by atoms with E-state index in [1.54, 1.807) is 30.3 Å². The first-order chi connectivity index (χ1) is 9.56. The summed E-state index contributed by atoms with van der Waals surface area (Å²) in [6.07, 6.45) is 0. The second kappa shape index (κ2) is 5.64. The van der Waals surface area contributed by atoms with Gasteiger partial charge in [-0.05, 0) is 35.4 Å². The van der Waals surface area contributed by atoms with Gasteiger partial charge in [0.2, 0.25) is 0 Å². The smallest absolute Gasteiger partial charge is 0.339 e. The monoisotopic (exact) mass is 287 g/mol. The van der Waals surface area contributed by atoms with Crippen molar-refractivity contribution in [2.24, 2.45) is 0 Å². The Morgan fingerprint density at radius 3 is 2.55 bits per heavy atom. The van der Waals surface area contributed by atoms with Crippen molar-refractivity contribution in [2.75, 3.05) is 7.11 Å². The van der Waals surface area contributed by atoms with Crippen LogP contribution in [-0.4, -0.2) is 18.2 Å². The molecule has 0 radical (unpaired) electrons. The molecule has 0 aromatic heterocycles. The van der Waals surface area contributed by atoms with E-state index in [4.69, 9.17) is 16.9 Å². The van der Waals surface area contributed by atoms with Crippen molar-refractivity contribution in [3.63, 3.8) is 0 Å². The van der Waals surface area contributed by atoms with Crippen LogP contribution < -0.4 is 0 Å². The number of hydrogen-bond donors (Lipinski definition) is 1. The van der Waals surface area contributed by atoms with Crippen LogP contribution in [0, 0.1) is 11.3 Å². The van der Waals surface area contributed by atoms with E-state index in [1.807, 2.05) is 6.07 Å². The summed E-state index contributed by atoms with van der Waals surface area (Å²) in [4.78, 5) is 11.6. The lowest BCUT2D eigenvalue weighted by molar-refractivity contribution is 0.0601. The minimum atomic E-state index is -0.531. The molecule has 4 nitrogen and oxygen atoms in total. The number of nitrogens with zero attached hydrogens (tertiary/aromatic N) is 1. The van der Waals surface area contributed by atoms with Gasteiger partial charge in [0.25, 0.3) is 0 Å². The highest BCUT2D eigenvalue weighted by Crippen LogP contribution is 2.28. The second-order valence-electron chi connectivity index (χ2n) is 4.03. The van der Waals surface area contributed by atoms with Gasteiger partial charge in [0, 0.05) is 0 Å². The number of carbonyl (C=O) groups excluding carboxylic acids is 1. The molecule has 0 aliphatic rings. The maximum atomic E-state index is 11.6. The van der Waals surface area contributed by atoms with E-state index < -0.39 is 5.97 Å². The first-order valence-electron chi connectivity index (χ1n) is 5.68. The summed E-state index contributed by atoms with van der Waals surface area (Å²) in [5, 5.41) is 18.7. The lowest BCUT2D eigenvalue weighted by Crippen LogP contribution is -2.02. The van der Waals surface area contributed by atoms with Gasteiger partial charge in [0.05, 0.1) is 23.3 Å². The van der Waals surface area contributed by atoms with Gasteiger partial charge in [0.15, 0.2) is 0 Å². The zero-order valence-corrected chi connectivity index (χ0v) is 11.3. The molecule has 2 rings (SSSR count). The van der Waals surface area contributed by atoms with Gasteiger partial charge in [-0.25, -0.2) is 4.79 Å². The molecular weight excluding hydrogens is 278 g/mol. The topological polar surface area (TPSA) is 70.3 Å². The van der Waals surface area contributed by atoms with Crippen molar-refractivity contribution in [3.8, 4) is 22.9 Å². The number of nitriles is 1. The number of phenols is 1. The first-order valence-corrected chi connectivity index (χ1v) is 6.06. The van der Waals surface area contributed by atoms with Crippen LogP contribution in [0.1, 0.15) is 15.9 Å². The molecule has 0 heterocycles. The van der Waals surface area contributed by atoms with E-state index in [0.29, 0.717) is 16.1 Å². The Morgan fingerprint density at radius 1 is 1.25 bits per heavy atom. The van der Waals surface area contributed by atoms with Crippen LogP contribution in [-0.2, 0) is 4.74 Å². The molecule has 2 aromatic rings. The van der Waals surface area contributed by atoms with Crippen LogP contribution in [0.5, 0.6) is 5.75 Å². The van der Waals surface area contributed by atoms with Gasteiger partial charge >= 0.3 is 5.97 Å². The van der Waals surface area contributed by atoms with Gasteiger partial charge in [-0.2, -0.15) is 5.26 Å². The number of ether oxygens (including phenoxy) is 1. The summed E-state index contributed by atoms with van der Waals surface area (Å²) in [7, 11) is 1.28. The number of carbonyl (C=O) groups is 1. The molecule has 0 spiro atoms. The highest BCUT2D eigenvalue weighted by atomic mass is 35.5. The molecule has 100 valence electrons. The average molecular weight is 288 g/mol. The molecule has 0 fully saturated rings. The molecule has 20 heavy (non-hydrogen) atoms. The molecule has 2 aromatic carbocycles. The fraction of sp³-hybridized carbons (Fsp3) is 0.0667. The third-order valence-electron chi connectivity index (χ3n) is 2.82. The summed E-state index contributed by atoms with van der Waals surface area (Å²) in [6, 6.07) is 11.4. The Morgan fingerprint density at radius 2 is 1.90 bits per heavy atom. The molecule has 0 aliphatic heterocycles. The number of esters is 1. The number of phenolic OH excluding ortho intramolecular Hbond substituents is 1. The number of halogens is 1. The molecule has 0 saturated carbocycles. The van der Waals surface area contributed by atoms with E-state index in [1.165, 1.54) is 13.2 Å². The molecule has 0 unspecified atom stereocenters. The Labute approximate surface area is 120 Å². The Kier molecular flexibility index (Phi) is 3.92. The summed E-state index contributed by atoms with van der Waals surface area (Å²) < 4.78 is 4.66. The molecule has 5 heteroatoms. The average Bonchev–Trinajstić information content (AvgIpc) is 2.47. The molecule has 0 amide bonds. The first kappa shape index (κ1) is 13.9. The molecule has 0 saturated heterocycles. The normalized spacial score (nSPS) is 9.85. The van der Waals surface area contributed by atoms with Crippen LogP contribution in [0.15, 0.2) is 36.4 Å². The minimum Gasteiger partial charge on any atom is -0.507 e. The maximum Gasteiger partial charge on any atom is 0.339 e. The highest BCUT2D eigenvalue weighted by Gasteiger charge is 2.12. The zero-order chi connectivity index (χ0) is 14.7. The maximum absolute atomic E-state index is 11.6. The van der Waals surface area contributed by atoms with Gasteiger partial charge in [-0.15, -0.1) is 0 Å². The molecule has 1 N–H and O–H groups in total. The largest absolute Gasteiger partial charge is 0.507 e. The predicted molar refractivity (Wildman–Crippen MR) is 74.6 cm³/mol. The van der Waals surface area contributed by atoms with Crippen molar-refractivity contribution in [2.45, 2.75) is 0 Å². The SMILES string of the molecule is COC(=O)c1cc(-c2ccc(O)c(C#N)c2)ccc1Cl. The third kappa shape index (κ3) is 2.58. The van der Waals surface area contributed by atoms with Crippen molar-refractivity contribution < 1.29 is 14.6 Å². The van der Waals surface area contributed by atoms with E-state index >= 15 is 0 Å². The van der Waals surface area contributed by atoms with E-state index in [2.05, 4.69) is 4.74 Å². The fourth-order valence-corrected chi connectivity index (χ4v) is 1.97. The van der Waals surface area contributed by atoms with Gasteiger partial charge < -0.3 is 9.84 Å². The summed E-state index contributed by atoms with van der Waals surface area (Å²) in [5.74, 6) is -0.616. The minimum absolute atomic E-state index is 0.0848. The molecule has 0 aliphatic carbocycles. The quantitative estimate of drug-likeness (QED) is 0.860. The number of hydrogen-bond acceptors (Lipinski definition) is 4. The highest BCUT2D eigenvalue weighted by molar-refractivity contribution is 6.33. The lowest BCUT2D eigenvalue weighted by Gasteiger charge is -2.07. The van der Waals surface area contributed by atoms with Gasteiger partial charge in [0.1, 0.15) is 11.8 Å². The Bertz CT molecular complexity index is 720. The molecular formula is C15H10ClNO3. The molecule has 0 bridgehead atoms. The van der Waals surface area contributed by atoms with Crippen molar-refractivity contribution >= 4 is 17.6 Å². The number of rotatable bonds is 2. The van der Waals surface area contributed by atoms with E-state index in [9.17, 15) is 9.90 Å². The van der Waals surface area contributed by atoms with Crippen LogP contribution in [0.2, 0.25) is 5.02 Å². The second-order valence-corrected chi connectivity index (χ2v) is 4.44. The third-order valence-corrected chi connectivity index (χ3v) is 3.15. The standard InChI is InChI=1S/C15H10ClNO3/c1-20-15(19)12-7-10(2-4-13(12)16)9-3-5-14(18)11(6-9)8-17/h2-7,18H,1H3.